The van der Waals surface area contributed by atoms with Crippen LogP contribution in [0.1, 0.15) is 50.3 Å². The van der Waals surface area contributed by atoms with Crippen molar-refractivity contribution >= 4 is 11.8 Å². The van der Waals surface area contributed by atoms with Gasteiger partial charge in [-0.25, -0.2) is 0 Å². The summed E-state index contributed by atoms with van der Waals surface area (Å²) in [4.78, 5) is 0. The van der Waals surface area contributed by atoms with E-state index in [-0.39, 0.29) is 0 Å². The maximum atomic E-state index is 4.82. The molecular formula is C15H25N3S. The maximum absolute atomic E-state index is 4.82. The number of nitrogens with one attached hydrogen (secondary N) is 1. The molecule has 1 saturated carbocycles. The summed E-state index contributed by atoms with van der Waals surface area (Å²) in [7, 11) is 2.09. The summed E-state index contributed by atoms with van der Waals surface area (Å²) in [6.45, 7) is 0. The van der Waals surface area contributed by atoms with Gasteiger partial charge >= 0.3 is 0 Å². The van der Waals surface area contributed by atoms with Crippen LogP contribution in [-0.2, 0) is 6.42 Å². The fourth-order valence-corrected chi connectivity index (χ4v) is 4.86. The van der Waals surface area contributed by atoms with E-state index in [2.05, 4.69) is 41.1 Å². The lowest BCUT2D eigenvalue weighted by Crippen LogP contribution is -2.36. The van der Waals surface area contributed by atoms with E-state index in [9.17, 15) is 0 Å². The molecule has 0 amide bonds. The van der Waals surface area contributed by atoms with Crippen LogP contribution in [0.15, 0.2) is 12.3 Å². The van der Waals surface area contributed by atoms with Crippen LogP contribution in [0.3, 0.4) is 0 Å². The van der Waals surface area contributed by atoms with Gasteiger partial charge in [-0.15, -0.1) is 0 Å². The molecule has 1 aliphatic heterocycles. The molecule has 2 heterocycles. The van der Waals surface area contributed by atoms with Crippen molar-refractivity contribution in [2.45, 2.75) is 62.3 Å². The van der Waals surface area contributed by atoms with Crippen LogP contribution in [0.5, 0.6) is 0 Å². The topological polar surface area (TPSA) is 29.9 Å². The summed E-state index contributed by atoms with van der Waals surface area (Å²) in [5, 5.41) is 9.10. The van der Waals surface area contributed by atoms with E-state index in [0.29, 0.717) is 12.1 Å². The van der Waals surface area contributed by atoms with Gasteiger partial charge < -0.3 is 5.32 Å². The predicted molar refractivity (Wildman–Crippen MR) is 81.8 cm³/mol. The minimum Gasteiger partial charge on any atom is -0.316 e. The number of hydrogen-bond acceptors (Lipinski definition) is 3. The first-order chi connectivity index (χ1) is 9.36. The minimum absolute atomic E-state index is 0.583. The third-order valence-electron chi connectivity index (χ3n) is 4.58. The first-order valence-corrected chi connectivity index (χ1v) is 8.74. The highest BCUT2D eigenvalue weighted by atomic mass is 32.2. The fourth-order valence-electron chi connectivity index (χ4n) is 3.42. The summed E-state index contributed by atoms with van der Waals surface area (Å²) in [6.07, 6.45) is 11.4. The lowest BCUT2D eigenvalue weighted by atomic mass is 10.0. The average Bonchev–Trinajstić information content (AvgIpc) is 3.15. The Labute approximate surface area is 120 Å². The SMILES string of the molecule is CNC(Cc1ccn(C2CCCC2)n1)C1CCCS1. The van der Waals surface area contributed by atoms with Gasteiger partial charge in [0.05, 0.1) is 11.7 Å². The molecule has 4 heteroatoms. The summed E-state index contributed by atoms with van der Waals surface area (Å²) in [5.74, 6) is 1.33. The Morgan fingerprint density at radius 3 is 2.89 bits per heavy atom. The third-order valence-corrected chi connectivity index (χ3v) is 6.09. The number of likely N-dealkylation sites (N-methyl/N-ethyl adjacent to an activating group) is 1. The Balaban J connectivity index is 1.61. The molecule has 19 heavy (non-hydrogen) atoms. The van der Waals surface area contributed by atoms with Gasteiger partial charge in [0.2, 0.25) is 0 Å². The van der Waals surface area contributed by atoms with E-state index in [4.69, 9.17) is 5.10 Å². The van der Waals surface area contributed by atoms with E-state index in [1.165, 1.54) is 50.0 Å². The Morgan fingerprint density at radius 2 is 2.21 bits per heavy atom. The summed E-state index contributed by atoms with van der Waals surface area (Å²) >= 11 is 2.13. The van der Waals surface area contributed by atoms with Crippen LogP contribution in [0.25, 0.3) is 0 Å². The highest BCUT2D eigenvalue weighted by Gasteiger charge is 2.25. The molecule has 0 radical (unpaired) electrons. The standard InChI is InChI=1S/C15H25N3S/c1-16-14(15-7-4-10-19-15)11-12-8-9-18(17-12)13-5-2-3-6-13/h8-9,13-16H,2-7,10-11H2,1H3. The second kappa shape index (κ2) is 6.31. The largest absolute Gasteiger partial charge is 0.316 e. The minimum atomic E-state index is 0.583. The summed E-state index contributed by atoms with van der Waals surface area (Å²) in [5.41, 5.74) is 1.26. The second-order valence-electron chi connectivity index (χ2n) is 5.88. The molecule has 1 aromatic rings. The number of aromatic nitrogens is 2. The molecule has 2 unspecified atom stereocenters. The van der Waals surface area contributed by atoms with Crippen molar-refractivity contribution < 1.29 is 0 Å². The van der Waals surface area contributed by atoms with Gasteiger partial charge in [0, 0.05) is 23.9 Å². The van der Waals surface area contributed by atoms with Crippen LogP contribution in [0, 0.1) is 0 Å². The van der Waals surface area contributed by atoms with Gasteiger partial charge in [-0.3, -0.25) is 4.68 Å². The molecule has 1 aromatic heterocycles. The highest BCUT2D eigenvalue weighted by molar-refractivity contribution is 8.00. The van der Waals surface area contributed by atoms with Crippen LogP contribution >= 0.6 is 11.8 Å². The summed E-state index contributed by atoms with van der Waals surface area (Å²) in [6, 6.07) is 3.48. The quantitative estimate of drug-likeness (QED) is 0.898. The van der Waals surface area contributed by atoms with Crippen LogP contribution in [0.4, 0.5) is 0 Å². The van der Waals surface area contributed by atoms with Gasteiger partial charge in [-0.05, 0) is 44.6 Å². The molecule has 3 rings (SSSR count). The first-order valence-electron chi connectivity index (χ1n) is 7.69. The molecule has 0 bridgehead atoms. The molecule has 0 aromatic carbocycles. The van der Waals surface area contributed by atoms with Crippen LogP contribution < -0.4 is 5.32 Å². The van der Waals surface area contributed by atoms with Crippen molar-refractivity contribution in [3.63, 3.8) is 0 Å². The van der Waals surface area contributed by atoms with E-state index < -0.39 is 0 Å². The van der Waals surface area contributed by atoms with Gasteiger partial charge in [-0.1, -0.05) is 12.8 Å². The summed E-state index contributed by atoms with van der Waals surface area (Å²) < 4.78 is 2.22. The number of nitrogens with zero attached hydrogens (tertiary/aromatic N) is 2. The molecule has 0 spiro atoms. The number of rotatable bonds is 5. The van der Waals surface area contributed by atoms with Crippen molar-refractivity contribution in [2.75, 3.05) is 12.8 Å². The molecular weight excluding hydrogens is 254 g/mol. The lowest BCUT2D eigenvalue weighted by Gasteiger charge is -2.21. The van der Waals surface area contributed by atoms with Crippen molar-refractivity contribution in [2.24, 2.45) is 0 Å². The van der Waals surface area contributed by atoms with Crippen molar-refractivity contribution in [1.82, 2.24) is 15.1 Å². The predicted octanol–water partition coefficient (Wildman–Crippen LogP) is 3.02. The van der Waals surface area contributed by atoms with Crippen molar-refractivity contribution in [3.8, 4) is 0 Å². The highest BCUT2D eigenvalue weighted by Crippen LogP contribution is 2.31. The van der Waals surface area contributed by atoms with Gasteiger partial charge in [-0.2, -0.15) is 16.9 Å². The zero-order chi connectivity index (χ0) is 13.1. The lowest BCUT2D eigenvalue weighted by molar-refractivity contribution is 0.455. The molecule has 1 aliphatic carbocycles. The monoisotopic (exact) mass is 279 g/mol. The molecule has 2 fully saturated rings. The zero-order valence-corrected chi connectivity index (χ0v) is 12.7. The fraction of sp³-hybridized carbons (Fsp3) is 0.800. The van der Waals surface area contributed by atoms with Gasteiger partial charge in [0.15, 0.2) is 0 Å². The van der Waals surface area contributed by atoms with E-state index in [1.54, 1.807) is 0 Å². The molecule has 1 saturated heterocycles. The smallest absolute Gasteiger partial charge is 0.0640 e. The van der Waals surface area contributed by atoms with Gasteiger partial charge in [0.25, 0.3) is 0 Å². The third kappa shape index (κ3) is 3.16. The number of thioether (sulfide) groups is 1. The number of hydrogen-bond donors (Lipinski definition) is 1. The van der Waals surface area contributed by atoms with E-state index in [0.717, 1.165) is 11.7 Å². The second-order valence-corrected chi connectivity index (χ2v) is 7.22. The molecule has 2 aliphatic rings. The zero-order valence-electron chi connectivity index (χ0n) is 11.8. The molecule has 3 nitrogen and oxygen atoms in total. The molecule has 2 atom stereocenters. The Bertz CT molecular complexity index is 392. The van der Waals surface area contributed by atoms with E-state index >= 15 is 0 Å². The van der Waals surface area contributed by atoms with E-state index in [1.807, 2.05) is 0 Å². The van der Waals surface area contributed by atoms with Crippen molar-refractivity contribution in [1.29, 1.82) is 0 Å². The normalized spacial score (nSPS) is 26.1. The van der Waals surface area contributed by atoms with Crippen LogP contribution in [0.2, 0.25) is 0 Å². The first kappa shape index (κ1) is 13.5. The molecule has 1 N–H and O–H groups in total. The molecule has 106 valence electrons. The van der Waals surface area contributed by atoms with Crippen molar-refractivity contribution in [3.05, 3.63) is 18.0 Å². The maximum Gasteiger partial charge on any atom is 0.0640 e. The average molecular weight is 279 g/mol. The Hall–Kier alpha value is -0.480. The van der Waals surface area contributed by atoms with Gasteiger partial charge in [0.1, 0.15) is 0 Å². The Kier molecular flexibility index (Phi) is 4.49. The Morgan fingerprint density at radius 1 is 1.37 bits per heavy atom. The van der Waals surface area contributed by atoms with Crippen LogP contribution in [-0.4, -0.2) is 33.9 Å².